The quantitative estimate of drug-likeness (QED) is 0.802. The Morgan fingerprint density at radius 2 is 2.11 bits per heavy atom. The highest BCUT2D eigenvalue weighted by Gasteiger charge is 2.33. The minimum absolute atomic E-state index is 0.0714. The number of pyridine rings is 1. The average molecular weight is 415 g/mol. The Hall–Kier alpha value is -3.01. The largest absolute Gasteiger partial charge is 0.439 e. The average Bonchev–Trinajstić information content (AvgIpc) is 2.93. The number of hydrogen-bond donors (Lipinski definition) is 2. The van der Waals surface area contributed by atoms with Crippen molar-refractivity contribution in [2.45, 2.75) is 12.2 Å². The zero-order valence-electron chi connectivity index (χ0n) is 14.4. The molecule has 0 bridgehead atoms. The Bertz CT molecular complexity index is 906. The molecule has 148 valence electrons. The first-order valence-corrected chi connectivity index (χ1v) is 8.34. The molecular formula is C17H14ClF3N4O3. The summed E-state index contributed by atoms with van der Waals surface area (Å²) in [6.45, 7) is 0.167. The summed E-state index contributed by atoms with van der Waals surface area (Å²) in [6.07, 6.45) is -3.84. The lowest BCUT2D eigenvalue weighted by Crippen LogP contribution is -2.40. The van der Waals surface area contributed by atoms with E-state index in [9.17, 15) is 22.8 Å². The summed E-state index contributed by atoms with van der Waals surface area (Å²) >= 11 is 6.02. The number of carbonyl (C=O) groups is 2. The molecule has 2 N–H and O–H groups in total. The van der Waals surface area contributed by atoms with Gasteiger partial charge in [-0.2, -0.15) is 13.2 Å². The summed E-state index contributed by atoms with van der Waals surface area (Å²) in [5.41, 5.74) is -0.602. The fourth-order valence-corrected chi connectivity index (χ4v) is 2.73. The van der Waals surface area contributed by atoms with E-state index < -0.39 is 23.7 Å². The van der Waals surface area contributed by atoms with Gasteiger partial charge in [-0.25, -0.2) is 9.78 Å². The molecule has 0 spiro atoms. The number of likely N-dealkylation sites (N-methyl/N-ethyl adjacent to an activating group) is 1. The number of rotatable bonds is 4. The molecule has 1 aliphatic rings. The van der Waals surface area contributed by atoms with E-state index in [1.807, 2.05) is 0 Å². The predicted octanol–water partition coefficient (Wildman–Crippen LogP) is 3.51. The fourth-order valence-electron chi connectivity index (χ4n) is 2.50. The predicted molar refractivity (Wildman–Crippen MR) is 94.3 cm³/mol. The van der Waals surface area contributed by atoms with Gasteiger partial charge in [0, 0.05) is 42.6 Å². The minimum Gasteiger partial charge on any atom is -0.439 e. The zero-order chi connectivity index (χ0) is 20.5. The summed E-state index contributed by atoms with van der Waals surface area (Å²) in [7, 11) is 1.50. The van der Waals surface area contributed by atoms with Crippen LogP contribution in [0, 0.1) is 0 Å². The number of urea groups is 1. The van der Waals surface area contributed by atoms with Crippen LogP contribution in [0.25, 0.3) is 0 Å². The van der Waals surface area contributed by atoms with Crippen molar-refractivity contribution in [3.63, 3.8) is 0 Å². The third-order valence-electron chi connectivity index (χ3n) is 3.96. The summed E-state index contributed by atoms with van der Waals surface area (Å²) in [5.74, 6) is -0.330. The molecule has 2 aromatic rings. The second-order valence-electron chi connectivity index (χ2n) is 5.96. The van der Waals surface area contributed by atoms with Gasteiger partial charge in [0.05, 0.1) is 5.56 Å². The Kier molecular flexibility index (Phi) is 5.32. The number of benzene rings is 1. The van der Waals surface area contributed by atoms with Gasteiger partial charge in [-0.3, -0.25) is 4.79 Å². The molecule has 1 aromatic heterocycles. The van der Waals surface area contributed by atoms with E-state index in [-0.39, 0.29) is 29.2 Å². The maximum absolute atomic E-state index is 12.6. The Morgan fingerprint density at radius 1 is 1.36 bits per heavy atom. The normalized spacial score (nSPS) is 16.7. The van der Waals surface area contributed by atoms with Crippen LogP contribution < -0.4 is 15.4 Å². The van der Waals surface area contributed by atoms with Crippen LogP contribution in [-0.2, 0) is 11.0 Å². The molecule has 11 heteroatoms. The second kappa shape index (κ2) is 7.55. The standard InChI is InChI=1S/C17H14ClF3N4O3/c1-25-13(8-23-16(25)27)15(26)24-11-4-10(18)5-12(6-11)28-14-3-2-9(7-22-14)17(19,20)21/h2-7,13H,8H2,1H3,(H,23,27)(H,24,26). The van der Waals surface area contributed by atoms with E-state index in [1.165, 1.54) is 30.1 Å². The van der Waals surface area contributed by atoms with E-state index >= 15 is 0 Å². The topological polar surface area (TPSA) is 83.6 Å². The van der Waals surface area contributed by atoms with E-state index in [1.54, 1.807) is 0 Å². The number of anilines is 1. The van der Waals surface area contributed by atoms with Gasteiger partial charge in [-0.1, -0.05) is 11.6 Å². The van der Waals surface area contributed by atoms with E-state index in [0.717, 1.165) is 12.1 Å². The van der Waals surface area contributed by atoms with Gasteiger partial charge >= 0.3 is 12.2 Å². The minimum atomic E-state index is -4.50. The number of halogens is 4. The van der Waals surface area contributed by atoms with Crippen molar-refractivity contribution < 1.29 is 27.5 Å². The molecule has 1 aromatic carbocycles. The molecule has 0 saturated carbocycles. The van der Waals surface area contributed by atoms with Crippen LogP contribution in [0.2, 0.25) is 5.02 Å². The number of nitrogens with zero attached hydrogens (tertiary/aromatic N) is 2. The first kappa shape index (κ1) is 19.7. The highest BCUT2D eigenvalue weighted by molar-refractivity contribution is 6.31. The van der Waals surface area contributed by atoms with Crippen LogP contribution in [0.1, 0.15) is 5.56 Å². The van der Waals surface area contributed by atoms with Crippen molar-refractivity contribution in [2.24, 2.45) is 0 Å². The van der Waals surface area contributed by atoms with Crippen molar-refractivity contribution in [2.75, 3.05) is 18.9 Å². The SMILES string of the molecule is CN1C(=O)NCC1C(=O)Nc1cc(Cl)cc(Oc2ccc(C(F)(F)F)cn2)c1. The lowest BCUT2D eigenvalue weighted by atomic mass is 10.2. The Morgan fingerprint density at radius 3 is 2.68 bits per heavy atom. The molecule has 3 rings (SSSR count). The lowest BCUT2D eigenvalue weighted by molar-refractivity contribution is -0.137. The highest BCUT2D eigenvalue weighted by atomic mass is 35.5. The Labute approximate surface area is 162 Å². The summed E-state index contributed by atoms with van der Waals surface area (Å²) < 4.78 is 43.2. The van der Waals surface area contributed by atoms with Crippen molar-refractivity contribution in [1.29, 1.82) is 0 Å². The number of amides is 3. The van der Waals surface area contributed by atoms with Gasteiger partial charge in [-0.15, -0.1) is 0 Å². The molecule has 1 aliphatic heterocycles. The third kappa shape index (κ3) is 4.45. The van der Waals surface area contributed by atoms with Crippen LogP contribution >= 0.6 is 11.6 Å². The molecule has 2 heterocycles. The number of hydrogen-bond acceptors (Lipinski definition) is 4. The molecule has 1 atom stereocenters. The zero-order valence-corrected chi connectivity index (χ0v) is 15.1. The van der Waals surface area contributed by atoms with E-state index in [0.29, 0.717) is 11.9 Å². The van der Waals surface area contributed by atoms with E-state index in [4.69, 9.17) is 16.3 Å². The van der Waals surface area contributed by atoms with Gasteiger partial charge in [0.1, 0.15) is 11.8 Å². The van der Waals surface area contributed by atoms with Gasteiger partial charge in [0.2, 0.25) is 11.8 Å². The van der Waals surface area contributed by atoms with E-state index in [2.05, 4.69) is 15.6 Å². The van der Waals surface area contributed by atoms with Crippen molar-refractivity contribution >= 4 is 29.2 Å². The smallest absolute Gasteiger partial charge is 0.417 e. The van der Waals surface area contributed by atoms with Crippen molar-refractivity contribution in [3.8, 4) is 11.6 Å². The van der Waals surface area contributed by atoms with Crippen LogP contribution in [-0.4, -0.2) is 41.5 Å². The molecule has 28 heavy (non-hydrogen) atoms. The summed E-state index contributed by atoms with van der Waals surface area (Å²) in [6, 6.07) is 5.20. The number of nitrogens with one attached hydrogen (secondary N) is 2. The molecule has 3 amide bonds. The van der Waals surface area contributed by atoms with Crippen molar-refractivity contribution in [1.82, 2.24) is 15.2 Å². The van der Waals surface area contributed by atoms with Gasteiger partial charge in [-0.05, 0) is 18.2 Å². The number of ether oxygens (including phenoxy) is 1. The highest BCUT2D eigenvalue weighted by Crippen LogP contribution is 2.31. The summed E-state index contributed by atoms with van der Waals surface area (Å²) in [4.78, 5) is 28.7. The molecule has 1 unspecified atom stereocenters. The lowest BCUT2D eigenvalue weighted by Gasteiger charge is -2.17. The number of carbonyl (C=O) groups excluding carboxylic acids is 2. The monoisotopic (exact) mass is 414 g/mol. The molecular weight excluding hydrogens is 401 g/mol. The molecule has 1 fully saturated rings. The summed E-state index contributed by atoms with van der Waals surface area (Å²) in [5, 5.41) is 5.40. The van der Waals surface area contributed by atoms with Crippen LogP contribution in [0.15, 0.2) is 36.5 Å². The second-order valence-corrected chi connectivity index (χ2v) is 6.40. The molecule has 0 aliphatic carbocycles. The van der Waals surface area contributed by atoms with Crippen LogP contribution in [0.3, 0.4) is 0 Å². The fraction of sp³-hybridized carbons (Fsp3) is 0.235. The van der Waals surface area contributed by atoms with Gasteiger partial charge in [0.25, 0.3) is 0 Å². The third-order valence-corrected chi connectivity index (χ3v) is 4.18. The molecule has 1 saturated heterocycles. The van der Waals surface area contributed by atoms with Crippen molar-refractivity contribution in [3.05, 3.63) is 47.1 Å². The Balaban J connectivity index is 1.73. The van der Waals surface area contributed by atoms with Crippen LogP contribution in [0.4, 0.5) is 23.7 Å². The molecule has 7 nitrogen and oxygen atoms in total. The maximum Gasteiger partial charge on any atom is 0.417 e. The first-order chi connectivity index (χ1) is 13.1. The number of alkyl halides is 3. The van der Waals surface area contributed by atoms with Gasteiger partial charge < -0.3 is 20.3 Å². The first-order valence-electron chi connectivity index (χ1n) is 7.97. The van der Waals surface area contributed by atoms with Crippen LogP contribution in [0.5, 0.6) is 11.6 Å². The number of aromatic nitrogens is 1. The maximum atomic E-state index is 12.6. The van der Waals surface area contributed by atoms with Gasteiger partial charge in [0.15, 0.2) is 0 Å². The molecule has 0 radical (unpaired) electrons.